The molecule has 3 rings (SSSR count). The van der Waals surface area contributed by atoms with Crippen LogP contribution in [-0.4, -0.2) is 35.3 Å². The van der Waals surface area contributed by atoms with Crippen molar-refractivity contribution < 1.29 is 19.4 Å². The molecule has 25 heavy (non-hydrogen) atoms. The van der Waals surface area contributed by atoms with Gasteiger partial charge in [-0.3, -0.25) is 4.79 Å². The van der Waals surface area contributed by atoms with Crippen LogP contribution in [0.2, 0.25) is 0 Å². The summed E-state index contributed by atoms with van der Waals surface area (Å²) in [7, 11) is 0. The highest BCUT2D eigenvalue weighted by Gasteiger charge is 2.34. The molecule has 2 aliphatic carbocycles. The lowest BCUT2D eigenvalue weighted by Gasteiger charge is -2.31. The highest BCUT2D eigenvalue weighted by atomic mass is 16.5. The first-order valence-electron chi connectivity index (χ1n) is 9.07. The van der Waals surface area contributed by atoms with Gasteiger partial charge in [0.15, 0.2) is 6.10 Å². The number of amides is 2. The molecule has 3 N–H and O–H groups in total. The summed E-state index contributed by atoms with van der Waals surface area (Å²) >= 11 is 0. The third-order valence-corrected chi connectivity index (χ3v) is 4.90. The van der Waals surface area contributed by atoms with E-state index in [9.17, 15) is 14.7 Å². The average Bonchev–Trinajstić information content (AvgIpc) is 3.39. The summed E-state index contributed by atoms with van der Waals surface area (Å²) < 4.78 is 5.22. The molecule has 2 amide bonds. The second-order valence-electron chi connectivity index (χ2n) is 7.07. The van der Waals surface area contributed by atoms with E-state index in [-0.39, 0.29) is 12.6 Å². The number of ether oxygens (including phenoxy) is 1. The van der Waals surface area contributed by atoms with Crippen molar-refractivity contribution in [1.29, 1.82) is 0 Å². The molecule has 1 aromatic carbocycles. The normalized spacial score (nSPS) is 19.4. The summed E-state index contributed by atoms with van der Waals surface area (Å²) in [4.78, 5) is 24.2. The Bertz CT molecular complexity index is 584. The van der Waals surface area contributed by atoms with Crippen molar-refractivity contribution in [2.75, 3.05) is 0 Å². The summed E-state index contributed by atoms with van der Waals surface area (Å²) in [6, 6.07) is 8.95. The van der Waals surface area contributed by atoms with Crippen LogP contribution in [0.25, 0.3) is 0 Å². The van der Waals surface area contributed by atoms with E-state index in [4.69, 9.17) is 4.74 Å². The van der Waals surface area contributed by atoms with Gasteiger partial charge in [-0.1, -0.05) is 49.6 Å². The lowest BCUT2D eigenvalue weighted by atomic mass is 9.80. The van der Waals surface area contributed by atoms with Crippen LogP contribution in [0.1, 0.15) is 44.1 Å². The fraction of sp³-hybridized carbons (Fsp3) is 0.579. The first-order valence-corrected chi connectivity index (χ1v) is 9.07. The fourth-order valence-electron chi connectivity index (χ4n) is 2.97. The number of hydrogen-bond donors (Lipinski definition) is 3. The number of nitrogens with one attached hydrogen (secondary N) is 2. The van der Waals surface area contributed by atoms with Crippen LogP contribution in [0, 0.1) is 5.92 Å². The minimum absolute atomic E-state index is 0.160. The molecule has 0 saturated heterocycles. The number of carbonyl (C=O) groups excluding carboxylic acids is 2. The van der Waals surface area contributed by atoms with Crippen molar-refractivity contribution in [3.05, 3.63) is 35.9 Å². The second-order valence-corrected chi connectivity index (χ2v) is 7.07. The van der Waals surface area contributed by atoms with Gasteiger partial charge in [0.1, 0.15) is 6.61 Å². The molecule has 0 heterocycles. The highest BCUT2D eigenvalue weighted by Crippen LogP contribution is 2.31. The highest BCUT2D eigenvalue weighted by molar-refractivity contribution is 5.82. The van der Waals surface area contributed by atoms with E-state index in [0.29, 0.717) is 12.3 Å². The predicted octanol–water partition coefficient (Wildman–Crippen LogP) is 2.11. The van der Waals surface area contributed by atoms with E-state index >= 15 is 0 Å². The number of hydrogen-bond acceptors (Lipinski definition) is 4. The molecule has 2 fully saturated rings. The van der Waals surface area contributed by atoms with Crippen LogP contribution in [0.5, 0.6) is 0 Å². The maximum absolute atomic E-state index is 12.1. The molecule has 0 aromatic heterocycles. The van der Waals surface area contributed by atoms with Gasteiger partial charge in [-0.15, -0.1) is 0 Å². The molecule has 6 nitrogen and oxygen atoms in total. The maximum Gasteiger partial charge on any atom is 0.407 e. The molecule has 2 aliphatic rings. The van der Waals surface area contributed by atoms with E-state index < -0.39 is 24.1 Å². The van der Waals surface area contributed by atoms with Gasteiger partial charge in [-0.05, 0) is 30.7 Å². The minimum Gasteiger partial charge on any atom is -0.445 e. The molecule has 0 bridgehead atoms. The summed E-state index contributed by atoms with van der Waals surface area (Å²) in [6.07, 6.45) is 3.98. The predicted molar refractivity (Wildman–Crippen MR) is 92.7 cm³/mol. The van der Waals surface area contributed by atoms with Crippen LogP contribution >= 0.6 is 0 Å². The monoisotopic (exact) mass is 346 g/mol. The molecular weight excluding hydrogens is 320 g/mol. The Hall–Kier alpha value is -2.08. The molecule has 0 unspecified atom stereocenters. The molecule has 2 saturated carbocycles. The topological polar surface area (TPSA) is 87.7 Å². The van der Waals surface area contributed by atoms with Crippen LogP contribution < -0.4 is 10.6 Å². The van der Waals surface area contributed by atoms with Gasteiger partial charge in [0.25, 0.3) is 5.91 Å². The van der Waals surface area contributed by atoms with Gasteiger partial charge >= 0.3 is 6.09 Å². The van der Waals surface area contributed by atoms with Gasteiger partial charge in [0, 0.05) is 6.04 Å². The second kappa shape index (κ2) is 8.34. The van der Waals surface area contributed by atoms with E-state index in [1.54, 1.807) is 0 Å². The number of alkyl carbamates (subject to hydrolysis) is 1. The summed E-state index contributed by atoms with van der Waals surface area (Å²) in [5, 5.41) is 15.9. The lowest BCUT2D eigenvalue weighted by molar-refractivity contribution is -0.131. The van der Waals surface area contributed by atoms with Crippen molar-refractivity contribution >= 4 is 12.0 Å². The van der Waals surface area contributed by atoms with Gasteiger partial charge in [0.2, 0.25) is 0 Å². The molecular formula is C19H26N2O4. The zero-order valence-electron chi connectivity index (χ0n) is 14.3. The zero-order valence-corrected chi connectivity index (χ0v) is 14.3. The van der Waals surface area contributed by atoms with Crippen LogP contribution in [0.4, 0.5) is 4.79 Å². The van der Waals surface area contributed by atoms with Crippen LogP contribution in [0.3, 0.4) is 0 Å². The van der Waals surface area contributed by atoms with E-state index in [0.717, 1.165) is 31.2 Å². The van der Waals surface area contributed by atoms with Crippen molar-refractivity contribution in [1.82, 2.24) is 10.6 Å². The quantitative estimate of drug-likeness (QED) is 0.673. The number of rotatable bonds is 8. The molecule has 2 atom stereocenters. The van der Waals surface area contributed by atoms with E-state index in [1.807, 2.05) is 30.3 Å². The Morgan fingerprint density at radius 2 is 1.88 bits per heavy atom. The maximum atomic E-state index is 12.1. The number of benzene rings is 1. The summed E-state index contributed by atoms with van der Waals surface area (Å²) in [5.74, 6) is 0.0398. The van der Waals surface area contributed by atoms with Crippen LogP contribution in [-0.2, 0) is 16.1 Å². The lowest BCUT2D eigenvalue weighted by Crippen LogP contribution is -2.52. The van der Waals surface area contributed by atoms with Crippen molar-refractivity contribution in [3.63, 3.8) is 0 Å². The Balaban J connectivity index is 1.52. The largest absolute Gasteiger partial charge is 0.445 e. The SMILES string of the molecule is O=C(N[C@H](CC1CCC1)[C@H](O)C(=O)NC1CC1)OCc1ccccc1. The molecule has 136 valence electrons. The molecule has 0 aliphatic heterocycles. The fourth-order valence-corrected chi connectivity index (χ4v) is 2.97. The molecule has 0 spiro atoms. The van der Waals surface area contributed by atoms with E-state index in [2.05, 4.69) is 10.6 Å². The molecule has 6 heteroatoms. The number of aliphatic hydroxyl groups is 1. The molecule has 0 radical (unpaired) electrons. The third-order valence-electron chi connectivity index (χ3n) is 4.90. The van der Waals surface area contributed by atoms with Crippen LogP contribution in [0.15, 0.2) is 30.3 Å². The van der Waals surface area contributed by atoms with Crippen molar-refractivity contribution in [3.8, 4) is 0 Å². The summed E-state index contributed by atoms with van der Waals surface area (Å²) in [5.41, 5.74) is 0.889. The Morgan fingerprint density at radius 3 is 2.48 bits per heavy atom. The first-order chi connectivity index (χ1) is 12.1. The number of aliphatic hydroxyl groups excluding tert-OH is 1. The van der Waals surface area contributed by atoms with Gasteiger partial charge in [-0.25, -0.2) is 4.79 Å². The Kier molecular flexibility index (Phi) is 5.91. The van der Waals surface area contributed by atoms with Gasteiger partial charge in [0.05, 0.1) is 6.04 Å². The standard InChI is InChI=1S/C19H26N2O4/c22-17(18(23)20-15-9-10-15)16(11-13-7-4-8-13)21-19(24)25-12-14-5-2-1-3-6-14/h1-3,5-6,13,15-17,22H,4,7-12H2,(H,20,23)(H,21,24)/t16-,17+/m1/s1. The smallest absolute Gasteiger partial charge is 0.407 e. The number of carbonyl (C=O) groups is 2. The third kappa shape index (κ3) is 5.46. The summed E-state index contributed by atoms with van der Waals surface area (Å²) in [6.45, 7) is 0.160. The Labute approximate surface area is 147 Å². The molecule has 1 aromatic rings. The van der Waals surface area contributed by atoms with E-state index in [1.165, 1.54) is 6.42 Å². The van der Waals surface area contributed by atoms with Crippen molar-refractivity contribution in [2.45, 2.75) is 63.3 Å². The van der Waals surface area contributed by atoms with Gasteiger partial charge < -0.3 is 20.5 Å². The first kappa shape index (κ1) is 17.7. The van der Waals surface area contributed by atoms with Gasteiger partial charge in [-0.2, -0.15) is 0 Å². The zero-order chi connectivity index (χ0) is 17.6. The average molecular weight is 346 g/mol. The van der Waals surface area contributed by atoms with Crippen molar-refractivity contribution in [2.24, 2.45) is 5.92 Å². The minimum atomic E-state index is -1.24. The Morgan fingerprint density at radius 1 is 1.16 bits per heavy atom.